The first-order valence-corrected chi connectivity index (χ1v) is 11.0. The molecule has 2 aromatic rings. The van der Waals surface area contributed by atoms with Crippen molar-refractivity contribution in [2.45, 2.75) is 64.3 Å². The van der Waals surface area contributed by atoms with Gasteiger partial charge in [0.25, 0.3) is 5.91 Å². The molecule has 0 bridgehead atoms. The largest absolute Gasteiger partial charge is 0.339 e. The number of hydrogen-bond acceptors (Lipinski definition) is 3. The van der Waals surface area contributed by atoms with Gasteiger partial charge in [-0.2, -0.15) is 0 Å². The van der Waals surface area contributed by atoms with Crippen LogP contribution in [0.4, 0.5) is 0 Å². The first-order valence-electron chi connectivity index (χ1n) is 11.0. The summed E-state index contributed by atoms with van der Waals surface area (Å²) in [5.41, 5.74) is 5.36. The molecular formula is C24H33Cl2N3O. The predicted octanol–water partition coefficient (Wildman–Crippen LogP) is 5.18. The molecule has 1 aromatic carbocycles. The molecule has 1 amide bonds. The smallest absolute Gasteiger partial charge is 0.254 e. The van der Waals surface area contributed by atoms with Gasteiger partial charge in [-0.3, -0.25) is 9.78 Å². The lowest BCUT2D eigenvalue weighted by atomic mass is 9.98. The Hall–Kier alpha value is -1.36. The second kappa shape index (κ2) is 9.42. The van der Waals surface area contributed by atoms with E-state index >= 15 is 0 Å². The second-order valence-electron chi connectivity index (χ2n) is 9.27. The third kappa shape index (κ3) is 4.92. The number of likely N-dealkylation sites (tertiary alicyclic amines) is 1. The minimum Gasteiger partial charge on any atom is -0.339 e. The minimum atomic E-state index is 0. The van der Waals surface area contributed by atoms with E-state index in [1.165, 1.54) is 36.8 Å². The van der Waals surface area contributed by atoms with Gasteiger partial charge in [-0.15, -0.1) is 24.8 Å². The summed E-state index contributed by atoms with van der Waals surface area (Å²) in [5, 5.41) is 4.74. The third-order valence-corrected chi connectivity index (χ3v) is 6.67. The average molecular weight is 450 g/mol. The standard InChI is InChI=1S/C24H31N3O.2ClH/c1-15-11-16(2)23-20(12-15)21(13-22(26-23)18-5-6-18)24(28)27-9-7-19(8-10-27)25-14-17-3-4-17;;/h11-13,17-19,25H,3-10,14H2,1-2H3;2*1H. The summed E-state index contributed by atoms with van der Waals surface area (Å²) in [5.74, 6) is 1.66. The molecule has 1 aromatic heterocycles. The van der Waals surface area contributed by atoms with E-state index in [9.17, 15) is 4.79 Å². The fraction of sp³-hybridized carbons (Fsp3) is 0.583. The first-order chi connectivity index (χ1) is 13.6. The number of aryl methyl sites for hydroxylation is 2. The average Bonchev–Trinajstić information content (AvgIpc) is 3.59. The maximum Gasteiger partial charge on any atom is 0.254 e. The van der Waals surface area contributed by atoms with E-state index in [-0.39, 0.29) is 30.7 Å². The van der Waals surface area contributed by atoms with Gasteiger partial charge in [0, 0.05) is 36.1 Å². The molecule has 2 heterocycles. The summed E-state index contributed by atoms with van der Waals surface area (Å²) < 4.78 is 0. The number of fused-ring (bicyclic) bond motifs is 1. The molecule has 4 nitrogen and oxygen atoms in total. The summed E-state index contributed by atoms with van der Waals surface area (Å²) in [7, 11) is 0. The molecule has 0 atom stereocenters. The van der Waals surface area contributed by atoms with Gasteiger partial charge in [0.15, 0.2) is 0 Å². The first kappa shape index (κ1) is 23.3. The Kier molecular flexibility index (Phi) is 7.32. The van der Waals surface area contributed by atoms with Gasteiger partial charge < -0.3 is 10.2 Å². The van der Waals surface area contributed by atoms with E-state index in [0.717, 1.165) is 60.6 Å². The molecule has 164 valence electrons. The van der Waals surface area contributed by atoms with Crippen LogP contribution in [-0.4, -0.2) is 41.5 Å². The highest BCUT2D eigenvalue weighted by molar-refractivity contribution is 6.07. The summed E-state index contributed by atoms with van der Waals surface area (Å²) in [6, 6.07) is 6.99. The van der Waals surface area contributed by atoms with Gasteiger partial charge in [-0.1, -0.05) is 11.6 Å². The van der Waals surface area contributed by atoms with Crippen molar-refractivity contribution in [2.75, 3.05) is 19.6 Å². The van der Waals surface area contributed by atoms with Gasteiger partial charge in [-0.05, 0) is 82.5 Å². The molecular weight excluding hydrogens is 417 g/mol. The van der Waals surface area contributed by atoms with Gasteiger partial charge in [0.1, 0.15) is 0 Å². The summed E-state index contributed by atoms with van der Waals surface area (Å²) in [4.78, 5) is 20.5. The Morgan fingerprint density at radius 2 is 1.73 bits per heavy atom. The van der Waals surface area contributed by atoms with Crippen molar-refractivity contribution < 1.29 is 4.79 Å². The van der Waals surface area contributed by atoms with Crippen LogP contribution >= 0.6 is 24.8 Å². The zero-order valence-corrected chi connectivity index (χ0v) is 19.6. The summed E-state index contributed by atoms with van der Waals surface area (Å²) in [6.45, 7) is 7.09. The lowest BCUT2D eigenvalue weighted by Gasteiger charge is -2.33. The van der Waals surface area contributed by atoms with E-state index in [2.05, 4.69) is 42.3 Å². The van der Waals surface area contributed by atoms with Crippen LogP contribution in [0.3, 0.4) is 0 Å². The fourth-order valence-electron chi connectivity index (χ4n) is 4.58. The zero-order chi connectivity index (χ0) is 19.3. The van der Waals surface area contributed by atoms with Crippen molar-refractivity contribution in [1.29, 1.82) is 0 Å². The zero-order valence-electron chi connectivity index (χ0n) is 17.9. The van der Waals surface area contributed by atoms with Crippen molar-refractivity contribution >= 4 is 41.6 Å². The molecule has 2 aliphatic carbocycles. The lowest BCUT2D eigenvalue weighted by Crippen LogP contribution is -2.45. The molecule has 0 spiro atoms. The van der Waals surface area contributed by atoms with Crippen LogP contribution in [-0.2, 0) is 0 Å². The van der Waals surface area contributed by atoms with Gasteiger partial charge >= 0.3 is 0 Å². The van der Waals surface area contributed by atoms with E-state index in [0.29, 0.717) is 12.0 Å². The molecule has 0 radical (unpaired) electrons. The number of nitrogens with one attached hydrogen (secondary N) is 1. The number of piperidine rings is 1. The van der Waals surface area contributed by atoms with Crippen LogP contribution in [0.15, 0.2) is 18.2 Å². The van der Waals surface area contributed by atoms with Crippen LogP contribution in [0.5, 0.6) is 0 Å². The molecule has 30 heavy (non-hydrogen) atoms. The Morgan fingerprint density at radius 1 is 1.03 bits per heavy atom. The van der Waals surface area contributed by atoms with Crippen LogP contribution in [0, 0.1) is 19.8 Å². The lowest BCUT2D eigenvalue weighted by molar-refractivity contribution is 0.0707. The number of hydrogen-bond donors (Lipinski definition) is 1. The Labute approximate surface area is 192 Å². The Balaban J connectivity index is 0.00000128. The predicted molar refractivity (Wildman–Crippen MR) is 127 cm³/mol. The van der Waals surface area contributed by atoms with Crippen molar-refractivity contribution in [2.24, 2.45) is 5.92 Å². The van der Waals surface area contributed by atoms with Crippen LogP contribution in [0.2, 0.25) is 0 Å². The SMILES string of the molecule is Cc1cc(C)c2nc(C3CC3)cc(C(=O)N3CCC(NCC4CC4)CC3)c2c1.Cl.Cl. The third-order valence-electron chi connectivity index (χ3n) is 6.67. The van der Waals surface area contributed by atoms with E-state index < -0.39 is 0 Å². The second-order valence-corrected chi connectivity index (χ2v) is 9.27. The number of rotatable bonds is 5. The number of halogens is 2. The quantitative estimate of drug-likeness (QED) is 0.683. The summed E-state index contributed by atoms with van der Waals surface area (Å²) in [6.07, 6.45) is 7.32. The number of carbonyl (C=O) groups is 1. The maximum atomic E-state index is 13.5. The maximum absolute atomic E-state index is 13.5. The van der Waals surface area contributed by atoms with Gasteiger partial charge in [-0.25, -0.2) is 0 Å². The Bertz CT molecular complexity index is 916. The molecule has 1 aliphatic heterocycles. The molecule has 1 saturated heterocycles. The number of nitrogens with zero attached hydrogens (tertiary/aromatic N) is 2. The molecule has 0 unspecified atom stereocenters. The number of aromatic nitrogens is 1. The van der Waals surface area contributed by atoms with Gasteiger partial charge in [0.2, 0.25) is 0 Å². The van der Waals surface area contributed by atoms with Crippen molar-refractivity contribution in [3.63, 3.8) is 0 Å². The molecule has 2 saturated carbocycles. The van der Waals surface area contributed by atoms with Crippen LogP contribution in [0.25, 0.3) is 10.9 Å². The fourth-order valence-corrected chi connectivity index (χ4v) is 4.58. The van der Waals surface area contributed by atoms with Crippen LogP contribution < -0.4 is 5.32 Å². The topological polar surface area (TPSA) is 45.2 Å². The highest BCUT2D eigenvalue weighted by Gasteiger charge is 2.30. The number of pyridine rings is 1. The normalized spacial score (nSPS) is 19.3. The highest BCUT2D eigenvalue weighted by atomic mass is 35.5. The molecule has 1 N–H and O–H groups in total. The molecule has 6 heteroatoms. The van der Waals surface area contributed by atoms with Crippen molar-refractivity contribution in [3.05, 3.63) is 40.6 Å². The molecule has 5 rings (SSSR count). The molecule has 3 fully saturated rings. The number of carbonyl (C=O) groups excluding carboxylic acids is 1. The monoisotopic (exact) mass is 449 g/mol. The number of amides is 1. The van der Waals surface area contributed by atoms with Crippen molar-refractivity contribution in [3.8, 4) is 0 Å². The van der Waals surface area contributed by atoms with E-state index in [4.69, 9.17) is 4.98 Å². The number of benzene rings is 1. The highest BCUT2D eigenvalue weighted by Crippen LogP contribution is 2.41. The minimum absolute atomic E-state index is 0. The Morgan fingerprint density at radius 3 is 2.37 bits per heavy atom. The van der Waals surface area contributed by atoms with Gasteiger partial charge in [0.05, 0.1) is 11.1 Å². The molecule has 3 aliphatic rings. The summed E-state index contributed by atoms with van der Waals surface area (Å²) >= 11 is 0. The van der Waals surface area contributed by atoms with Crippen LogP contribution in [0.1, 0.15) is 71.6 Å². The van der Waals surface area contributed by atoms with Crippen molar-refractivity contribution in [1.82, 2.24) is 15.2 Å². The van der Waals surface area contributed by atoms with E-state index in [1.807, 2.05) is 0 Å². The van der Waals surface area contributed by atoms with E-state index in [1.54, 1.807) is 0 Å².